The van der Waals surface area contributed by atoms with E-state index in [0.29, 0.717) is 44.9 Å². The molecule has 3 aromatic carbocycles. The first-order chi connectivity index (χ1) is 15.6. The molecule has 1 aromatic heterocycles. The van der Waals surface area contributed by atoms with Gasteiger partial charge in [-0.2, -0.15) is 0 Å². The van der Waals surface area contributed by atoms with E-state index in [0.717, 1.165) is 5.56 Å². The summed E-state index contributed by atoms with van der Waals surface area (Å²) in [6.07, 6.45) is 1.51. The lowest BCUT2D eigenvalue weighted by Gasteiger charge is -2.25. The number of ether oxygens (including phenoxy) is 3. The van der Waals surface area contributed by atoms with E-state index in [-0.39, 0.29) is 36.3 Å². The fourth-order valence-corrected chi connectivity index (χ4v) is 4.31. The summed E-state index contributed by atoms with van der Waals surface area (Å²) in [5.41, 5.74) is 2.67. The number of benzene rings is 3. The number of aromatic hydroxyl groups is 1. The molecule has 7 nitrogen and oxygen atoms in total. The van der Waals surface area contributed by atoms with Gasteiger partial charge in [0.1, 0.15) is 23.3 Å². The number of carbonyl (C=O) groups is 1. The first kappa shape index (κ1) is 18.5. The number of phenols is 1. The molecule has 0 bridgehead atoms. The molecule has 32 heavy (non-hydrogen) atoms. The van der Waals surface area contributed by atoms with E-state index in [1.54, 1.807) is 24.3 Å². The van der Waals surface area contributed by atoms with Gasteiger partial charge in [-0.05, 0) is 47.5 Å². The maximum absolute atomic E-state index is 13.3. The van der Waals surface area contributed by atoms with Gasteiger partial charge in [-0.25, -0.2) is 0 Å². The number of esters is 1. The molecule has 2 aliphatic rings. The standard InChI is InChI=1S/C25H16O7/c26-15-4-1-13(2-5-15)18-11-29-25-16(24(18)28)6-8-20-23(25)17(10-22(27)32-20)14-3-7-19-21(9-14)31-12-30-19/h1-9,11,17,26H,10,12H2/t17-/m0/s1. The van der Waals surface area contributed by atoms with Crippen molar-refractivity contribution in [2.24, 2.45) is 0 Å². The molecule has 0 aliphatic carbocycles. The molecule has 0 amide bonds. The first-order valence-electron chi connectivity index (χ1n) is 10.1. The van der Waals surface area contributed by atoms with Crippen LogP contribution in [0.1, 0.15) is 23.5 Å². The Hall–Kier alpha value is -4.26. The zero-order chi connectivity index (χ0) is 21.8. The average molecular weight is 428 g/mol. The fraction of sp³-hybridized carbons (Fsp3) is 0.120. The lowest BCUT2D eigenvalue weighted by Crippen LogP contribution is -2.22. The Morgan fingerprint density at radius 2 is 1.66 bits per heavy atom. The highest BCUT2D eigenvalue weighted by atomic mass is 16.7. The van der Waals surface area contributed by atoms with Crippen molar-refractivity contribution < 1.29 is 28.5 Å². The van der Waals surface area contributed by atoms with E-state index in [9.17, 15) is 14.7 Å². The van der Waals surface area contributed by atoms with Gasteiger partial charge < -0.3 is 23.7 Å². The van der Waals surface area contributed by atoms with Gasteiger partial charge in [-0.3, -0.25) is 9.59 Å². The number of hydrogen-bond acceptors (Lipinski definition) is 7. The first-order valence-corrected chi connectivity index (χ1v) is 10.1. The maximum Gasteiger partial charge on any atom is 0.312 e. The van der Waals surface area contributed by atoms with Crippen molar-refractivity contribution in [1.29, 1.82) is 0 Å². The molecule has 0 fully saturated rings. The largest absolute Gasteiger partial charge is 0.508 e. The van der Waals surface area contributed by atoms with E-state index in [1.807, 2.05) is 18.2 Å². The van der Waals surface area contributed by atoms with E-state index < -0.39 is 0 Å². The van der Waals surface area contributed by atoms with Crippen molar-refractivity contribution in [2.75, 3.05) is 6.79 Å². The van der Waals surface area contributed by atoms with Gasteiger partial charge in [0.05, 0.1) is 17.4 Å². The van der Waals surface area contributed by atoms with Crippen LogP contribution in [-0.4, -0.2) is 17.9 Å². The minimum absolute atomic E-state index is 0.106. The van der Waals surface area contributed by atoms with Gasteiger partial charge in [-0.15, -0.1) is 0 Å². The van der Waals surface area contributed by atoms with Crippen LogP contribution in [0.5, 0.6) is 23.0 Å². The maximum atomic E-state index is 13.3. The molecule has 3 heterocycles. The smallest absolute Gasteiger partial charge is 0.312 e. The summed E-state index contributed by atoms with van der Waals surface area (Å²) in [6.45, 7) is 0.153. The molecule has 158 valence electrons. The molecule has 6 rings (SSSR count). The average Bonchev–Trinajstić information content (AvgIpc) is 3.27. The van der Waals surface area contributed by atoms with E-state index >= 15 is 0 Å². The van der Waals surface area contributed by atoms with Gasteiger partial charge in [-0.1, -0.05) is 18.2 Å². The second kappa shape index (κ2) is 6.88. The summed E-state index contributed by atoms with van der Waals surface area (Å²) in [6, 6.07) is 15.1. The Balaban J connectivity index is 1.54. The Kier molecular flexibility index (Phi) is 3.98. The third-order valence-electron chi connectivity index (χ3n) is 5.86. The molecule has 7 heteroatoms. The molecule has 0 unspecified atom stereocenters. The highest BCUT2D eigenvalue weighted by Crippen LogP contribution is 2.45. The predicted octanol–water partition coefficient (Wildman–Crippen LogP) is 4.34. The highest BCUT2D eigenvalue weighted by molar-refractivity contribution is 5.90. The third kappa shape index (κ3) is 2.82. The molecular weight excluding hydrogens is 412 g/mol. The SMILES string of the molecule is O=C1C[C@@H](c2ccc3c(c2)OCO3)c2c(ccc3c(=O)c(-c4ccc(O)cc4)coc23)O1. The third-order valence-corrected chi connectivity index (χ3v) is 5.86. The highest BCUT2D eigenvalue weighted by Gasteiger charge is 2.33. The second-order valence-electron chi connectivity index (χ2n) is 7.72. The van der Waals surface area contributed by atoms with Gasteiger partial charge in [0.25, 0.3) is 0 Å². The minimum atomic E-state index is -0.368. The number of hydrogen-bond donors (Lipinski definition) is 1. The fourth-order valence-electron chi connectivity index (χ4n) is 4.31. The molecule has 0 saturated heterocycles. The normalized spacial score (nSPS) is 16.6. The Morgan fingerprint density at radius 1 is 0.875 bits per heavy atom. The van der Waals surface area contributed by atoms with Crippen LogP contribution in [0.2, 0.25) is 0 Å². The quantitative estimate of drug-likeness (QED) is 0.375. The van der Waals surface area contributed by atoms with Gasteiger partial charge in [0.15, 0.2) is 11.5 Å². The Morgan fingerprint density at radius 3 is 2.50 bits per heavy atom. The summed E-state index contributed by atoms with van der Waals surface area (Å²) in [5, 5.41) is 9.92. The summed E-state index contributed by atoms with van der Waals surface area (Å²) in [7, 11) is 0. The van der Waals surface area contributed by atoms with Crippen LogP contribution in [0, 0.1) is 0 Å². The van der Waals surface area contributed by atoms with Crippen LogP contribution >= 0.6 is 0 Å². The van der Waals surface area contributed by atoms with Crippen molar-refractivity contribution in [3.8, 4) is 34.1 Å². The Bertz CT molecular complexity index is 1450. The van der Waals surface area contributed by atoms with Crippen LogP contribution in [0.3, 0.4) is 0 Å². The number of fused-ring (bicyclic) bond motifs is 4. The van der Waals surface area contributed by atoms with Crippen molar-refractivity contribution in [2.45, 2.75) is 12.3 Å². The predicted molar refractivity (Wildman–Crippen MR) is 114 cm³/mol. The van der Waals surface area contributed by atoms with E-state index in [1.165, 1.54) is 18.4 Å². The minimum Gasteiger partial charge on any atom is -0.508 e. The molecule has 0 saturated carbocycles. The summed E-state index contributed by atoms with van der Waals surface area (Å²) in [4.78, 5) is 25.6. The molecular formula is C25H16O7. The van der Waals surface area contributed by atoms with Crippen LogP contribution in [-0.2, 0) is 4.79 Å². The van der Waals surface area contributed by atoms with Crippen molar-refractivity contribution in [1.82, 2.24) is 0 Å². The molecule has 0 spiro atoms. The van der Waals surface area contributed by atoms with Gasteiger partial charge >= 0.3 is 5.97 Å². The topological polar surface area (TPSA) is 95.2 Å². The van der Waals surface area contributed by atoms with Crippen molar-refractivity contribution in [3.63, 3.8) is 0 Å². The van der Waals surface area contributed by atoms with E-state index in [2.05, 4.69) is 0 Å². The number of carbonyl (C=O) groups excluding carboxylic acids is 1. The second-order valence-corrected chi connectivity index (χ2v) is 7.72. The molecule has 4 aromatic rings. The van der Waals surface area contributed by atoms with Gasteiger partial charge in [0, 0.05) is 11.5 Å². The number of rotatable bonds is 2. The summed E-state index contributed by atoms with van der Waals surface area (Å²) < 4.78 is 22.3. The molecule has 0 radical (unpaired) electrons. The van der Waals surface area contributed by atoms with Crippen molar-refractivity contribution in [3.05, 3.63) is 82.2 Å². The molecule has 1 atom stereocenters. The van der Waals surface area contributed by atoms with Crippen molar-refractivity contribution >= 4 is 16.9 Å². The van der Waals surface area contributed by atoms with Crippen LogP contribution in [0.25, 0.3) is 22.1 Å². The number of phenolic OH excluding ortho intramolecular Hbond substituents is 1. The molecule has 1 N–H and O–H groups in total. The summed E-state index contributed by atoms with van der Waals surface area (Å²) in [5.74, 6) is 1.02. The van der Waals surface area contributed by atoms with E-state index in [4.69, 9.17) is 18.6 Å². The van der Waals surface area contributed by atoms with Gasteiger partial charge in [0.2, 0.25) is 12.2 Å². The van der Waals surface area contributed by atoms with Crippen LogP contribution in [0.15, 0.2) is 70.1 Å². The lowest BCUT2D eigenvalue weighted by atomic mass is 9.85. The zero-order valence-electron chi connectivity index (χ0n) is 16.7. The molecule has 2 aliphatic heterocycles. The monoisotopic (exact) mass is 428 g/mol. The lowest BCUT2D eigenvalue weighted by molar-refractivity contribution is -0.135. The Labute approximate surface area is 181 Å². The zero-order valence-corrected chi connectivity index (χ0v) is 16.7. The van der Waals surface area contributed by atoms with Crippen LogP contribution < -0.4 is 19.6 Å². The van der Waals surface area contributed by atoms with Crippen LogP contribution in [0.4, 0.5) is 0 Å². The summed E-state index contributed by atoms with van der Waals surface area (Å²) >= 11 is 0.